The molecule has 0 aromatic heterocycles. The molecule has 2 nitrogen and oxygen atoms in total. The monoisotopic (exact) mass is 244 g/mol. The minimum Gasteiger partial charge on any atom is -0.398 e. The summed E-state index contributed by atoms with van der Waals surface area (Å²) in [7, 11) is 0. The molecule has 1 aromatic rings. The van der Waals surface area contributed by atoms with E-state index in [0.717, 1.165) is 24.1 Å². The van der Waals surface area contributed by atoms with Crippen LogP contribution < -0.4 is 10.6 Å². The molecule has 0 amide bonds. The van der Waals surface area contributed by atoms with Crippen molar-refractivity contribution in [3.63, 3.8) is 0 Å². The van der Waals surface area contributed by atoms with E-state index in [1.54, 1.807) is 0 Å². The van der Waals surface area contributed by atoms with Crippen molar-refractivity contribution in [3.05, 3.63) is 23.8 Å². The summed E-state index contributed by atoms with van der Waals surface area (Å²) in [5, 5.41) is 0. The highest BCUT2D eigenvalue weighted by Crippen LogP contribution is 2.36. The van der Waals surface area contributed by atoms with Crippen LogP contribution in [0.4, 0.5) is 11.4 Å². The summed E-state index contributed by atoms with van der Waals surface area (Å²) in [6.07, 6.45) is 7.90. The lowest BCUT2D eigenvalue weighted by Gasteiger charge is -2.41. The van der Waals surface area contributed by atoms with E-state index in [1.165, 1.54) is 49.9 Å². The van der Waals surface area contributed by atoms with Crippen molar-refractivity contribution >= 4 is 11.4 Å². The number of benzene rings is 1. The third kappa shape index (κ3) is 2.09. The third-order valence-electron chi connectivity index (χ3n) is 4.75. The molecule has 0 spiro atoms. The Labute approximate surface area is 110 Å². The maximum absolute atomic E-state index is 6.13. The van der Waals surface area contributed by atoms with E-state index < -0.39 is 0 Å². The average molecular weight is 244 g/mol. The Bertz CT molecular complexity index is 419. The van der Waals surface area contributed by atoms with Gasteiger partial charge in [0.2, 0.25) is 0 Å². The smallest absolute Gasteiger partial charge is 0.0421 e. The van der Waals surface area contributed by atoms with Crippen LogP contribution >= 0.6 is 0 Å². The van der Waals surface area contributed by atoms with Crippen molar-refractivity contribution in [3.8, 4) is 0 Å². The maximum atomic E-state index is 6.13. The first kappa shape index (κ1) is 11.9. The fraction of sp³-hybridized carbons (Fsp3) is 0.625. The van der Waals surface area contributed by atoms with Crippen LogP contribution in [0.3, 0.4) is 0 Å². The fourth-order valence-corrected chi connectivity index (χ4v) is 3.61. The van der Waals surface area contributed by atoms with Crippen molar-refractivity contribution in [2.45, 2.75) is 51.5 Å². The predicted octanol–water partition coefficient (Wildman–Crippen LogP) is 3.60. The van der Waals surface area contributed by atoms with E-state index >= 15 is 0 Å². The molecule has 1 saturated carbocycles. The molecule has 0 radical (unpaired) electrons. The molecule has 1 aliphatic heterocycles. The summed E-state index contributed by atoms with van der Waals surface area (Å²) in [6, 6.07) is 7.17. The van der Waals surface area contributed by atoms with Gasteiger partial charge in [-0.1, -0.05) is 13.0 Å². The van der Waals surface area contributed by atoms with Crippen molar-refractivity contribution in [1.29, 1.82) is 0 Å². The van der Waals surface area contributed by atoms with Crippen LogP contribution in [0, 0.1) is 5.92 Å². The lowest BCUT2D eigenvalue weighted by molar-refractivity contribution is 0.331. The molecule has 1 heterocycles. The van der Waals surface area contributed by atoms with E-state index in [9.17, 15) is 0 Å². The molecule has 3 rings (SSSR count). The lowest BCUT2D eigenvalue weighted by Crippen LogP contribution is -2.41. The van der Waals surface area contributed by atoms with Gasteiger partial charge < -0.3 is 10.6 Å². The summed E-state index contributed by atoms with van der Waals surface area (Å²) in [5.41, 5.74) is 9.92. The molecule has 1 aliphatic carbocycles. The van der Waals surface area contributed by atoms with Gasteiger partial charge in [-0.3, -0.25) is 0 Å². The summed E-state index contributed by atoms with van der Waals surface area (Å²) in [4.78, 5) is 2.64. The number of hydrogen-bond donors (Lipinski definition) is 1. The minimum atomic E-state index is 0.752. The Morgan fingerprint density at radius 2 is 1.94 bits per heavy atom. The van der Waals surface area contributed by atoms with Crippen LogP contribution in [0.1, 0.15) is 44.6 Å². The zero-order chi connectivity index (χ0) is 12.5. The number of anilines is 2. The van der Waals surface area contributed by atoms with Crippen LogP contribution in [0.15, 0.2) is 18.2 Å². The normalized spacial score (nSPS) is 27.9. The number of rotatable bonds is 1. The van der Waals surface area contributed by atoms with Gasteiger partial charge in [0.15, 0.2) is 0 Å². The van der Waals surface area contributed by atoms with Gasteiger partial charge in [0.25, 0.3) is 0 Å². The predicted molar refractivity (Wildman–Crippen MR) is 77.9 cm³/mol. The molecule has 0 saturated heterocycles. The Hall–Kier alpha value is -1.18. The standard InChI is InChI=1S/C16H24N2/c1-12-7-9-13(10-8-12)18-11-3-4-14-15(17)5-2-6-16(14)18/h2,5-6,12-13H,3-4,7-11,17H2,1H3. The van der Waals surface area contributed by atoms with Gasteiger partial charge in [-0.15, -0.1) is 0 Å². The van der Waals surface area contributed by atoms with Gasteiger partial charge in [0.1, 0.15) is 0 Å². The molecule has 2 heteroatoms. The van der Waals surface area contributed by atoms with Crippen LogP contribution in [0.25, 0.3) is 0 Å². The van der Waals surface area contributed by atoms with E-state index in [1.807, 2.05) is 6.07 Å². The highest BCUT2D eigenvalue weighted by atomic mass is 15.2. The Morgan fingerprint density at radius 3 is 2.72 bits per heavy atom. The first-order valence-electron chi connectivity index (χ1n) is 7.39. The summed E-state index contributed by atoms with van der Waals surface area (Å²) < 4.78 is 0. The molecule has 1 aromatic carbocycles. The van der Waals surface area contributed by atoms with Gasteiger partial charge in [0, 0.05) is 24.0 Å². The summed E-state index contributed by atoms with van der Waals surface area (Å²) in [6.45, 7) is 3.61. The Balaban J connectivity index is 1.85. The molecular weight excluding hydrogens is 220 g/mol. The van der Waals surface area contributed by atoms with Gasteiger partial charge in [-0.05, 0) is 62.1 Å². The Morgan fingerprint density at radius 1 is 1.17 bits per heavy atom. The van der Waals surface area contributed by atoms with Gasteiger partial charge >= 0.3 is 0 Å². The molecule has 98 valence electrons. The highest BCUT2D eigenvalue weighted by Gasteiger charge is 2.27. The summed E-state index contributed by atoms with van der Waals surface area (Å²) >= 11 is 0. The van der Waals surface area contributed by atoms with Gasteiger partial charge in [-0.25, -0.2) is 0 Å². The van der Waals surface area contributed by atoms with Gasteiger partial charge in [-0.2, -0.15) is 0 Å². The third-order valence-corrected chi connectivity index (χ3v) is 4.75. The molecule has 0 bridgehead atoms. The number of fused-ring (bicyclic) bond motifs is 1. The van der Waals surface area contributed by atoms with Crippen LogP contribution in [0.2, 0.25) is 0 Å². The number of nitrogen functional groups attached to an aromatic ring is 1. The molecule has 0 unspecified atom stereocenters. The maximum Gasteiger partial charge on any atom is 0.0421 e. The molecule has 2 N–H and O–H groups in total. The Kier molecular flexibility index (Phi) is 3.19. The number of hydrogen-bond acceptors (Lipinski definition) is 2. The zero-order valence-corrected chi connectivity index (χ0v) is 11.4. The average Bonchev–Trinajstić information content (AvgIpc) is 2.40. The highest BCUT2D eigenvalue weighted by molar-refractivity contribution is 5.66. The molecule has 18 heavy (non-hydrogen) atoms. The van der Waals surface area contributed by atoms with Crippen LogP contribution in [-0.2, 0) is 6.42 Å². The van der Waals surface area contributed by atoms with E-state index in [0.29, 0.717) is 0 Å². The van der Waals surface area contributed by atoms with Crippen molar-refractivity contribution in [2.75, 3.05) is 17.2 Å². The quantitative estimate of drug-likeness (QED) is 0.765. The zero-order valence-electron chi connectivity index (χ0n) is 11.4. The van der Waals surface area contributed by atoms with E-state index in [4.69, 9.17) is 5.73 Å². The largest absolute Gasteiger partial charge is 0.398 e. The van der Waals surface area contributed by atoms with E-state index in [-0.39, 0.29) is 0 Å². The van der Waals surface area contributed by atoms with Crippen molar-refractivity contribution in [1.82, 2.24) is 0 Å². The molecule has 2 aliphatic rings. The van der Waals surface area contributed by atoms with Crippen molar-refractivity contribution in [2.24, 2.45) is 5.92 Å². The molecular formula is C16H24N2. The van der Waals surface area contributed by atoms with Crippen LogP contribution in [-0.4, -0.2) is 12.6 Å². The second-order valence-corrected chi connectivity index (χ2v) is 6.06. The van der Waals surface area contributed by atoms with Crippen molar-refractivity contribution < 1.29 is 0 Å². The van der Waals surface area contributed by atoms with E-state index in [2.05, 4.69) is 24.0 Å². The minimum absolute atomic E-state index is 0.752. The second-order valence-electron chi connectivity index (χ2n) is 6.06. The second kappa shape index (κ2) is 4.83. The number of nitrogens with zero attached hydrogens (tertiary/aromatic N) is 1. The van der Waals surface area contributed by atoms with Crippen LogP contribution in [0.5, 0.6) is 0 Å². The van der Waals surface area contributed by atoms with Gasteiger partial charge in [0.05, 0.1) is 0 Å². The summed E-state index contributed by atoms with van der Waals surface area (Å²) in [5.74, 6) is 0.923. The topological polar surface area (TPSA) is 29.3 Å². The SMILES string of the molecule is CC1CCC(N2CCCc3c(N)cccc32)CC1. The molecule has 1 fully saturated rings. The lowest BCUT2D eigenvalue weighted by atomic mass is 9.85. The first-order chi connectivity index (χ1) is 8.75. The molecule has 0 atom stereocenters. The first-order valence-corrected chi connectivity index (χ1v) is 7.39. The fourth-order valence-electron chi connectivity index (χ4n) is 3.61. The number of nitrogens with two attached hydrogens (primary N) is 1.